The minimum Gasteiger partial charge on any atom is -0.338 e. The van der Waals surface area contributed by atoms with Gasteiger partial charge in [0.25, 0.3) is 0 Å². The molecule has 3 heterocycles. The van der Waals surface area contributed by atoms with Crippen LogP contribution >= 0.6 is 28.3 Å². The zero-order chi connectivity index (χ0) is 24.7. The van der Waals surface area contributed by atoms with Crippen LogP contribution in [0.4, 0.5) is 0 Å². The number of benzene rings is 2. The fourth-order valence-corrected chi connectivity index (χ4v) is 7.18. The summed E-state index contributed by atoms with van der Waals surface area (Å²) in [5.41, 5.74) is 2.27. The van der Waals surface area contributed by atoms with Crippen LogP contribution in [0, 0.1) is 17.3 Å². The van der Waals surface area contributed by atoms with Crippen molar-refractivity contribution in [2.24, 2.45) is 17.3 Å². The van der Waals surface area contributed by atoms with Gasteiger partial charge in [-0.1, -0.05) is 58.4 Å². The smallest absolute Gasteiger partial charge is 0.229 e. The number of rotatable bonds is 7. The second-order valence-corrected chi connectivity index (χ2v) is 12.3. The molecule has 1 N–H and O–H groups in total. The Balaban J connectivity index is 0.00000280. The van der Waals surface area contributed by atoms with Gasteiger partial charge in [0.2, 0.25) is 5.91 Å². The van der Waals surface area contributed by atoms with E-state index >= 15 is 0 Å². The molecular formula is C30H37BrClN3O2. The van der Waals surface area contributed by atoms with Gasteiger partial charge in [0.05, 0.1) is 11.5 Å². The van der Waals surface area contributed by atoms with Crippen molar-refractivity contribution >= 4 is 40.0 Å². The van der Waals surface area contributed by atoms with E-state index in [1.165, 1.54) is 11.1 Å². The van der Waals surface area contributed by atoms with E-state index in [4.69, 9.17) is 0 Å². The summed E-state index contributed by atoms with van der Waals surface area (Å²) < 4.78 is 1.06. The van der Waals surface area contributed by atoms with Crippen molar-refractivity contribution in [3.8, 4) is 0 Å². The summed E-state index contributed by atoms with van der Waals surface area (Å²) in [5, 5.41) is 3.60. The van der Waals surface area contributed by atoms with Crippen LogP contribution < -0.4 is 5.32 Å². The fraction of sp³-hybridized carbons (Fsp3) is 0.533. The Kier molecular flexibility index (Phi) is 8.11. The van der Waals surface area contributed by atoms with Crippen molar-refractivity contribution in [1.82, 2.24) is 15.1 Å². The molecule has 0 aromatic heterocycles. The number of carbonyl (C=O) groups excluding carboxylic acids is 2. The molecule has 3 saturated heterocycles. The molecular weight excluding hydrogens is 550 g/mol. The van der Waals surface area contributed by atoms with Gasteiger partial charge in [-0.3, -0.25) is 14.5 Å². The summed E-state index contributed by atoms with van der Waals surface area (Å²) >= 11 is 3.50. The zero-order valence-corrected chi connectivity index (χ0v) is 23.7. The van der Waals surface area contributed by atoms with E-state index in [1.54, 1.807) is 0 Å². The van der Waals surface area contributed by atoms with Crippen LogP contribution in [-0.4, -0.2) is 60.3 Å². The molecule has 1 aliphatic carbocycles. The number of nitrogens with one attached hydrogen (secondary N) is 1. The lowest BCUT2D eigenvalue weighted by Gasteiger charge is -2.44. The highest BCUT2D eigenvalue weighted by Gasteiger charge is 2.51. The van der Waals surface area contributed by atoms with Crippen molar-refractivity contribution in [2.45, 2.75) is 50.6 Å². The Morgan fingerprint density at radius 1 is 0.973 bits per heavy atom. The number of amides is 1. The average Bonchev–Trinajstić information content (AvgIpc) is 3.59. The molecule has 198 valence electrons. The quantitative estimate of drug-likeness (QED) is 0.494. The lowest BCUT2D eigenvalue weighted by atomic mass is 9.74. The predicted molar refractivity (Wildman–Crippen MR) is 152 cm³/mol. The summed E-state index contributed by atoms with van der Waals surface area (Å²) in [6.07, 6.45) is 4.77. The molecule has 0 radical (unpaired) electrons. The highest BCUT2D eigenvalue weighted by molar-refractivity contribution is 9.10. The molecule has 7 heteroatoms. The number of ketones is 1. The van der Waals surface area contributed by atoms with Gasteiger partial charge in [0.15, 0.2) is 5.78 Å². The number of carbonyl (C=O) groups is 2. The minimum atomic E-state index is -0.244. The van der Waals surface area contributed by atoms with Crippen molar-refractivity contribution in [1.29, 1.82) is 0 Å². The maximum absolute atomic E-state index is 13.7. The first-order chi connectivity index (χ1) is 17.5. The second kappa shape index (κ2) is 11.2. The molecule has 1 saturated carbocycles. The Bertz CT molecular complexity index is 1100. The van der Waals surface area contributed by atoms with Crippen LogP contribution in [0.5, 0.6) is 0 Å². The largest absolute Gasteiger partial charge is 0.338 e. The van der Waals surface area contributed by atoms with Crippen LogP contribution in [-0.2, 0) is 16.1 Å². The molecule has 4 aliphatic rings. The maximum atomic E-state index is 13.7. The standard InChI is InChI=1S/C30H36BrN3O2.ClH/c31-24-10-6-21(7-11-24)20-34-17-14-30(29(34)36)12-15-33(16-13-30)27(28(35)23-8-9-23)26-19-32-18-25(26)22-4-2-1-3-5-22;/h1-7,10-11,23,25-27,32H,8-9,12-20H2;1H/t25-,26-,27?;/m1./s1. The van der Waals surface area contributed by atoms with E-state index in [9.17, 15) is 9.59 Å². The second-order valence-electron chi connectivity index (χ2n) is 11.4. The summed E-state index contributed by atoms with van der Waals surface area (Å²) in [6, 6.07) is 19.0. The average molecular weight is 587 g/mol. The first kappa shape index (κ1) is 26.9. The number of halogens is 2. The fourth-order valence-electron chi connectivity index (χ4n) is 6.92. The lowest BCUT2D eigenvalue weighted by Crippen LogP contribution is -2.54. The molecule has 6 rings (SSSR count). The van der Waals surface area contributed by atoms with E-state index in [0.717, 1.165) is 69.3 Å². The van der Waals surface area contributed by atoms with E-state index in [2.05, 4.69) is 73.5 Å². The number of nitrogens with zero attached hydrogens (tertiary/aromatic N) is 2. The van der Waals surface area contributed by atoms with Gasteiger partial charge in [-0.05, 0) is 68.5 Å². The SMILES string of the molecule is Cl.O=C(C1CC1)C([C@@H]1CNC[C@@H]1c1ccccc1)N1CCC2(CCN(Cc3ccc(Br)cc3)C2=O)CC1. The van der Waals surface area contributed by atoms with Gasteiger partial charge >= 0.3 is 0 Å². The molecule has 1 unspecified atom stereocenters. The molecule has 5 nitrogen and oxygen atoms in total. The Morgan fingerprint density at radius 3 is 2.32 bits per heavy atom. The van der Waals surface area contributed by atoms with E-state index in [0.29, 0.717) is 30.1 Å². The van der Waals surface area contributed by atoms with Crippen LogP contribution in [0.25, 0.3) is 0 Å². The summed E-state index contributed by atoms with van der Waals surface area (Å²) in [5.74, 6) is 1.68. The number of hydrogen-bond donors (Lipinski definition) is 1. The molecule has 2 aromatic rings. The van der Waals surface area contributed by atoms with E-state index in [1.807, 2.05) is 12.1 Å². The number of Topliss-reactive ketones (excluding diaryl/α,β-unsaturated/α-hetero) is 1. The van der Waals surface area contributed by atoms with Gasteiger partial charge in [0.1, 0.15) is 0 Å². The first-order valence-electron chi connectivity index (χ1n) is 13.6. The van der Waals surface area contributed by atoms with E-state index < -0.39 is 0 Å². The third-order valence-corrected chi connectivity index (χ3v) is 9.73. The molecule has 2 aromatic carbocycles. The van der Waals surface area contributed by atoms with E-state index in [-0.39, 0.29) is 29.8 Å². The Hall–Kier alpha value is -1.73. The van der Waals surface area contributed by atoms with Crippen LogP contribution in [0.1, 0.15) is 49.1 Å². The van der Waals surface area contributed by atoms with Crippen LogP contribution in [0.2, 0.25) is 0 Å². The van der Waals surface area contributed by atoms with Crippen LogP contribution in [0.15, 0.2) is 59.1 Å². The van der Waals surface area contributed by atoms with Crippen molar-refractivity contribution in [3.63, 3.8) is 0 Å². The highest BCUT2D eigenvalue weighted by atomic mass is 79.9. The van der Waals surface area contributed by atoms with Gasteiger partial charge in [-0.2, -0.15) is 0 Å². The van der Waals surface area contributed by atoms with Crippen LogP contribution in [0.3, 0.4) is 0 Å². The van der Waals surface area contributed by atoms with Crippen molar-refractivity contribution in [3.05, 3.63) is 70.2 Å². The molecule has 3 aliphatic heterocycles. The zero-order valence-electron chi connectivity index (χ0n) is 21.3. The normalized spacial score (nSPS) is 26.3. The van der Waals surface area contributed by atoms with Gasteiger partial charge in [-0.15, -0.1) is 12.4 Å². The maximum Gasteiger partial charge on any atom is 0.229 e. The summed E-state index contributed by atoms with van der Waals surface area (Å²) in [6.45, 7) is 5.04. The predicted octanol–water partition coefficient (Wildman–Crippen LogP) is 5.04. The van der Waals surface area contributed by atoms with Gasteiger partial charge in [-0.25, -0.2) is 0 Å². The minimum absolute atomic E-state index is 0. The highest BCUT2D eigenvalue weighted by Crippen LogP contribution is 2.45. The van der Waals surface area contributed by atoms with Crippen molar-refractivity contribution in [2.75, 3.05) is 32.7 Å². The summed E-state index contributed by atoms with van der Waals surface area (Å²) in [4.78, 5) is 31.8. The topological polar surface area (TPSA) is 52.7 Å². The van der Waals surface area contributed by atoms with Crippen molar-refractivity contribution < 1.29 is 9.59 Å². The van der Waals surface area contributed by atoms with Gasteiger partial charge < -0.3 is 10.2 Å². The van der Waals surface area contributed by atoms with Gasteiger partial charge in [0, 0.05) is 48.4 Å². The molecule has 1 spiro atoms. The Labute approximate surface area is 234 Å². The number of likely N-dealkylation sites (tertiary alicyclic amines) is 2. The lowest BCUT2D eigenvalue weighted by molar-refractivity contribution is -0.140. The summed E-state index contributed by atoms with van der Waals surface area (Å²) in [7, 11) is 0. The molecule has 1 amide bonds. The third kappa shape index (κ3) is 5.40. The third-order valence-electron chi connectivity index (χ3n) is 9.20. The first-order valence-corrected chi connectivity index (χ1v) is 14.4. The molecule has 4 fully saturated rings. The molecule has 37 heavy (non-hydrogen) atoms. The molecule has 3 atom stereocenters. The molecule has 0 bridgehead atoms. The Morgan fingerprint density at radius 2 is 1.65 bits per heavy atom. The number of piperidine rings is 1. The monoisotopic (exact) mass is 585 g/mol. The number of hydrogen-bond acceptors (Lipinski definition) is 4.